The Balaban J connectivity index is 0.000000154. The quantitative estimate of drug-likeness (QED) is 0.120. The van der Waals surface area contributed by atoms with Crippen LogP contribution in [0.4, 0.5) is 11.6 Å². The third-order valence-corrected chi connectivity index (χ3v) is 13.2. The second kappa shape index (κ2) is 18.6. The Morgan fingerprint density at radius 3 is 1.51 bits per heavy atom. The third-order valence-electron chi connectivity index (χ3n) is 13.2. The van der Waals surface area contributed by atoms with Crippen LogP contribution in [0.15, 0.2) is 105 Å². The number of anilines is 2. The molecule has 0 bridgehead atoms. The first-order valence-corrected chi connectivity index (χ1v) is 24.5. The van der Waals surface area contributed by atoms with Crippen molar-refractivity contribution in [3.05, 3.63) is 139 Å². The van der Waals surface area contributed by atoms with E-state index in [0.717, 1.165) is 64.2 Å². The topological polar surface area (TPSA) is 238 Å². The van der Waals surface area contributed by atoms with Crippen LogP contribution in [-0.2, 0) is 13.1 Å². The van der Waals surface area contributed by atoms with Crippen molar-refractivity contribution in [2.24, 2.45) is 5.92 Å². The summed E-state index contributed by atoms with van der Waals surface area (Å²) in [6, 6.07) is 14.3. The zero-order valence-corrected chi connectivity index (χ0v) is 39.4. The molecule has 20 heteroatoms. The highest BCUT2D eigenvalue weighted by atomic mass is 16.2. The van der Waals surface area contributed by atoms with Gasteiger partial charge in [-0.1, -0.05) is 13.8 Å². The van der Waals surface area contributed by atoms with Crippen molar-refractivity contribution in [2.75, 3.05) is 16.3 Å². The predicted octanol–water partition coefficient (Wildman–Crippen LogP) is 6.04. The third kappa shape index (κ3) is 8.89. The number of pyridine rings is 4. The molecule has 0 unspecified atom stereocenters. The summed E-state index contributed by atoms with van der Waals surface area (Å²) in [7, 11) is 0. The number of H-pyrrole nitrogens is 2. The Morgan fingerprint density at radius 2 is 1.10 bits per heavy atom. The summed E-state index contributed by atoms with van der Waals surface area (Å²) in [5.41, 5.74) is 2.51. The zero-order chi connectivity index (χ0) is 48.9. The Kier molecular flexibility index (Phi) is 11.9. The molecule has 4 aliphatic rings. The number of amides is 2. The average Bonchev–Trinajstić information content (AvgIpc) is 4.14. The zero-order valence-electron chi connectivity index (χ0n) is 39.4. The number of hydrogen-bond acceptors (Lipinski definition) is 12. The van der Waals surface area contributed by atoms with Crippen molar-refractivity contribution in [2.45, 2.75) is 109 Å². The molecular weight excluding hydrogens is 905 g/mol. The Morgan fingerprint density at radius 1 is 0.606 bits per heavy atom. The maximum absolute atomic E-state index is 13.2. The molecule has 0 saturated heterocycles. The lowest BCUT2D eigenvalue weighted by Crippen LogP contribution is -2.39. The number of rotatable bonds is 15. The van der Waals surface area contributed by atoms with Crippen LogP contribution in [0.25, 0.3) is 45.1 Å². The fourth-order valence-electron chi connectivity index (χ4n) is 8.96. The van der Waals surface area contributed by atoms with E-state index in [1.807, 2.05) is 26.0 Å². The molecule has 4 fully saturated rings. The molecule has 0 aliphatic heterocycles. The van der Waals surface area contributed by atoms with Gasteiger partial charge in [-0.05, 0) is 119 Å². The fraction of sp³-hybridized carbons (Fsp3) is 0.373. The van der Waals surface area contributed by atoms with Gasteiger partial charge >= 0.3 is 11.4 Å². The van der Waals surface area contributed by atoms with Gasteiger partial charge in [0.25, 0.3) is 22.9 Å². The predicted molar refractivity (Wildman–Crippen MR) is 266 cm³/mol. The van der Waals surface area contributed by atoms with Crippen LogP contribution in [-0.4, -0.2) is 82.5 Å². The molecule has 362 valence electrons. The Bertz CT molecular complexity index is 3540. The van der Waals surface area contributed by atoms with Gasteiger partial charge in [-0.25, -0.2) is 29.5 Å². The molecule has 4 saturated carbocycles. The van der Waals surface area contributed by atoms with Crippen molar-refractivity contribution in [3.8, 4) is 22.8 Å². The van der Waals surface area contributed by atoms with E-state index in [1.165, 1.54) is 9.13 Å². The number of nitrogens with zero attached hydrogens (tertiary/aromatic N) is 12. The average molecular weight is 957 g/mol. The van der Waals surface area contributed by atoms with Crippen LogP contribution < -0.4 is 32.3 Å². The second-order valence-corrected chi connectivity index (χ2v) is 18.8. The molecular formula is C51H52N14O6. The lowest BCUT2D eigenvalue weighted by atomic mass is 10.2. The van der Waals surface area contributed by atoms with Crippen molar-refractivity contribution < 1.29 is 9.59 Å². The van der Waals surface area contributed by atoms with Crippen LogP contribution in [0.3, 0.4) is 0 Å². The van der Waals surface area contributed by atoms with Crippen LogP contribution in [0.5, 0.6) is 0 Å². The molecule has 20 nitrogen and oxygen atoms in total. The SMILES string of the molecule is CCCn1c(=O)n(C2CC2)c(=O)c2[nH]c(-c3ccc(N(C(=O)c4cccnc4)C4CC4)nc3)nc21.CCCn1c(=O)n(C2CC2)c(=O)c2[nH]c(-c3ccc(N(CC4CC4)C(=O)c4cccnc4)nc3)nc21. The smallest absolute Gasteiger partial charge is 0.332 e. The summed E-state index contributed by atoms with van der Waals surface area (Å²) in [5.74, 6) is 2.25. The van der Waals surface area contributed by atoms with E-state index in [2.05, 4.69) is 39.9 Å². The van der Waals surface area contributed by atoms with E-state index in [4.69, 9.17) is 0 Å². The Labute approximate surface area is 405 Å². The summed E-state index contributed by atoms with van der Waals surface area (Å²) in [6.07, 6.45) is 18.6. The number of nitrogens with one attached hydrogen (secondary N) is 2. The minimum atomic E-state index is -0.329. The van der Waals surface area contributed by atoms with Gasteiger partial charge in [-0.15, -0.1) is 0 Å². The van der Waals surface area contributed by atoms with E-state index < -0.39 is 0 Å². The first-order valence-electron chi connectivity index (χ1n) is 24.5. The van der Waals surface area contributed by atoms with Gasteiger partial charge in [-0.2, -0.15) is 0 Å². The van der Waals surface area contributed by atoms with E-state index in [9.17, 15) is 28.8 Å². The second-order valence-electron chi connectivity index (χ2n) is 18.8. The maximum atomic E-state index is 13.2. The number of aromatic nitrogens is 12. The van der Waals surface area contributed by atoms with Crippen molar-refractivity contribution in [1.29, 1.82) is 0 Å². The monoisotopic (exact) mass is 956 g/mol. The highest BCUT2D eigenvalue weighted by Crippen LogP contribution is 2.36. The molecule has 0 spiro atoms. The fourth-order valence-corrected chi connectivity index (χ4v) is 8.96. The molecule has 8 aromatic heterocycles. The van der Waals surface area contributed by atoms with E-state index in [-0.39, 0.29) is 52.4 Å². The highest BCUT2D eigenvalue weighted by Gasteiger charge is 2.36. The molecule has 71 heavy (non-hydrogen) atoms. The lowest BCUT2D eigenvalue weighted by Gasteiger charge is -2.21. The lowest BCUT2D eigenvalue weighted by molar-refractivity contribution is 0.0976. The molecule has 8 heterocycles. The van der Waals surface area contributed by atoms with Gasteiger partial charge in [0.1, 0.15) is 34.3 Å². The first kappa shape index (κ1) is 45.3. The molecule has 2 amide bonds. The van der Waals surface area contributed by atoms with E-state index in [0.29, 0.717) is 93.4 Å². The molecule has 4 aliphatic carbocycles. The van der Waals surface area contributed by atoms with Gasteiger partial charge in [0.2, 0.25) is 0 Å². The Hall–Kier alpha value is -8.16. The number of carbonyl (C=O) groups excluding carboxylic acids is 2. The van der Waals surface area contributed by atoms with Crippen molar-refractivity contribution >= 4 is 45.8 Å². The minimum Gasteiger partial charge on any atom is -0.332 e. The van der Waals surface area contributed by atoms with Gasteiger partial charge < -0.3 is 9.97 Å². The minimum absolute atomic E-state index is 0.0269. The summed E-state index contributed by atoms with van der Waals surface area (Å²) in [5, 5.41) is 0. The number of fused-ring (bicyclic) bond motifs is 2. The van der Waals surface area contributed by atoms with E-state index >= 15 is 0 Å². The van der Waals surface area contributed by atoms with Gasteiger partial charge in [0, 0.05) is 86.1 Å². The maximum Gasteiger partial charge on any atom is 0.333 e. The normalized spacial score (nSPS) is 15.4. The molecule has 0 aromatic carbocycles. The van der Waals surface area contributed by atoms with Gasteiger partial charge in [0.15, 0.2) is 11.3 Å². The number of imidazole rings is 2. The molecule has 0 atom stereocenters. The number of carbonyl (C=O) groups is 2. The standard InChI is InChI=1S/C26H27N7O3.C25H25N7O3/c1-2-12-31-23-21(25(35)33(26(31)36)19-8-9-19)29-22(30-23)17-7-10-20(28-14-17)32(15-16-5-6-16)24(34)18-4-3-11-27-13-18;1-2-12-30-22-20(24(34)32(25(30)35)18-8-9-18)28-21(29-22)15-5-10-19(27-14-15)31(17-6-7-17)23(33)16-4-3-11-26-13-16/h3-4,7,10-11,13-14,16,19H,2,5-6,8-9,12,15H2,1H3,(H,29,30);3-5,10-11,13-14,17-18H,2,6-9,12H2,1H3,(H,28,29). The molecule has 0 radical (unpaired) electrons. The van der Waals surface area contributed by atoms with Gasteiger partial charge in [-0.3, -0.25) is 57.2 Å². The summed E-state index contributed by atoms with van der Waals surface area (Å²) < 4.78 is 5.89. The number of aromatic amines is 2. The number of aryl methyl sites for hydroxylation is 2. The summed E-state index contributed by atoms with van der Waals surface area (Å²) >= 11 is 0. The first-order chi connectivity index (χ1) is 34.6. The van der Waals surface area contributed by atoms with Crippen LogP contribution in [0, 0.1) is 5.92 Å². The van der Waals surface area contributed by atoms with Crippen LogP contribution >= 0.6 is 0 Å². The van der Waals surface area contributed by atoms with Crippen LogP contribution in [0.2, 0.25) is 0 Å². The summed E-state index contributed by atoms with van der Waals surface area (Å²) in [6.45, 7) is 5.54. The number of hydrogen-bond donors (Lipinski definition) is 2. The molecule has 8 aromatic rings. The largest absolute Gasteiger partial charge is 0.333 e. The summed E-state index contributed by atoms with van der Waals surface area (Å²) in [4.78, 5) is 115. The van der Waals surface area contributed by atoms with Gasteiger partial charge in [0.05, 0.1) is 11.1 Å². The van der Waals surface area contributed by atoms with E-state index in [1.54, 1.807) is 92.5 Å². The molecule has 2 N–H and O–H groups in total. The van der Waals surface area contributed by atoms with Crippen molar-refractivity contribution in [1.82, 2.24) is 58.1 Å². The van der Waals surface area contributed by atoms with Crippen molar-refractivity contribution in [3.63, 3.8) is 0 Å². The molecule has 12 rings (SSSR count). The highest BCUT2D eigenvalue weighted by molar-refractivity contribution is 6.06. The van der Waals surface area contributed by atoms with Crippen LogP contribution in [0.1, 0.15) is 111 Å².